The molecule has 0 aliphatic heterocycles. The molecule has 0 saturated heterocycles. The van der Waals surface area contributed by atoms with Crippen LogP contribution in [0, 0.1) is 0 Å². The van der Waals surface area contributed by atoms with E-state index >= 15 is 0 Å². The van der Waals surface area contributed by atoms with Crippen LogP contribution in [0.4, 0.5) is 0 Å². The first-order valence-electron chi connectivity index (χ1n) is 6.27. The highest BCUT2D eigenvalue weighted by atomic mass is 16.5. The first-order chi connectivity index (χ1) is 8.85. The smallest absolute Gasteiger partial charge is 0.323 e. The maximum Gasteiger partial charge on any atom is 0.323 e. The minimum absolute atomic E-state index is 0.223. The van der Waals surface area contributed by atoms with E-state index in [4.69, 9.17) is 20.3 Å². The Hall–Kier alpha value is -1.75. The lowest BCUT2D eigenvalue weighted by Crippen LogP contribution is -2.47. The van der Waals surface area contributed by atoms with Crippen LogP contribution >= 0.6 is 0 Å². The fraction of sp³-hybridized carbons (Fsp3) is 0.500. The van der Waals surface area contributed by atoms with Gasteiger partial charge in [0.25, 0.3) is 0 Å². The minimum atomic E-state index is -1.29. The molecule has 3 N–H and O–H groups in total. The van der Waals surface area contributed by atoms with Crippen molar-refractivity contribution in [2.75, 3.05) is 6.61 Å². The zero-order valence-electron chi connectivity index (χ0n) is 11.6. The quantitative estimate of drug-likeness (QED) is 0.790. The molecule has 0 aromatic heterocycles. The highest BCUT2D eigenvalue weighted by Gasteiger charge is 2.30. The molecule has 0 spiro atoms. The molecule has 2 atom stereocenters. The van der Waals surface area contributed by atoms with Gasteiger partial charge in [-0.2, -0.15) is 0 Å². The fourth-order valence-electron chi connectivity index (χ4n) is 1.76. The Morgan fingerprint density at radius 3 is 2.68 bits per heavy atom. The molecule has 5 heteroatoms. The van der Waals surface area contributed by atoms with Gasteiger partial charge >= 0.3 is 5.97 Å². The van der Waals surface area contributed by atoms with Crippen molar-refractivity contribution in [1.29, 1.82) is 0 Å². The average Bonchev–Trinajstić information content (AvgIpc) is 2.28. The molecular formula is C14H21NO4. The van der Waals surface area contributed by atoms with Crippen molar-refractivity contribution in [2.45, 2.75) is 38.8 Å². The summed E-state index contributed by atoms with van der Waals surface area (Å²) in [5, 5.41) is 8.97. The van der Waals surface area contributed by atoms with E-state index in [1.807, 2.05) is 19.1 Å². The van der Waals surface area contributed by atoms with Gasteiger partial charge in [-0.05, 0) is 32.9 Å². The van der Waals surface area contributed by atoms with Crippen LogP contribution in [0.5, 0.6) is 11.5 Å². The third-order valence-electron chi connectivity index (χ3n) is 2.65. The number of carboxylic acid groups (broad SMARTS) is 1. The van der Waals surface area contributed by atoms with E-state index in [0.29, 0.717) is 12.4 Å². The van der Waals surface area contributed by atoms with Gasteiger partial charge in [0.15, 0.2) is 0 Å². The summed E-state index contributed by atoms with van der Waals surface area (Å²) in [5.41, 5.74) is 4.39. The lowest BCUT2D eigenvalue weighted by Gasteiger charge is -2.24. The van der Waals surface area contributed by atoms with Crippen molar-refractivity contribution >= 4 is 5.97 Å². The molecular weight excluding hydrogens is 246 g/mol. The Morgan fingerprint density at radius 2 is 2.11 bits per heavy atom. The number of ether oxygens (including phenoxy) is 2. The Labute approximate surface area is 113 Å². The van der Waals surface area contributed by atoms with Crippen LogP contribution in [0.2, 0.25) is 0 Å². The highest BCUT2D eigenvalue weighted by molar-refractivity contribution is 5.77. The topological polar surface area (TPSA) is 81.8 Å². The second kappa shape index (κ2) is 6.43. The number of nitrogens with two attached hydrogens (primary N) is 1. The van der Waals surface area contributed by atoms with E-state index in [-0.39, 0.29) is 12.5 Å². The number of hydrogen-bond donors (Lipinski definition) is 2. The van der Waals surface area contributed by atoms with Gasteiger partial charge in [-0.3, -0.25) is 4.79 Å². The lowest BCUT2D eigenvalue weighted by atomic mass is 9.96. The van der Waals surface area contributed by atoms with Crippen LogP contribution in [0.15, 0.2) is 24.3 Å². The van der Waals surface area contributed by atoms with E-state index in [9.17, 15) is 4.79 Å². The van der Waals surface area contributed by atoms with Crippen LogP contribution < -0.4 is 15.2 Å². The number of hydrogen-bond acceptors (Lipinski definition) is 4. The molecule has 0 saturated carbocycles. The molecule has 0 heterocycles. The SMILES string of the molecule is CCOc1cccc(OC(C)CC(C)(N)C(=O)O)c1. The number of carboxylic acids is 1. The third kappa shape index (κ3) is 4.79. The molecule has 0 aliphatic carbocycles. The zero-order valence-corrected chi connectivity index (χ0v) is 11.6. The first kappa shape index (κ1) is 15.3. The lowest BCUT2D eigenvalue weighted by molar-refractivity contribution is -0.143. The van der Waals surface area contributed by atoms with Crippen LogP contribution in [0.3, 0.4) is 0 Å². The van der Waals surface area contributed by atoms with Crippen LogP contribution in [-0.2, 0) is 4.79 Å². The Balaban J connectivity index is 2.64. The summed E-state index contributed by atoms with van der Waals surface area (Å²) < 4.78 is 11.0. The van der Waals surface area contributed by atoms with Crippen LogP contribution in [0.1, 0.15) is 27.2 Å². The number of aliphatic carboxylic acids is 1. The largest absolute Gasteiger partial charge is 0.494 e. The van der Waals surface area contributed by atoms with Gasteiger partial charge in [0.2, 0.25) is 0 Å². The molecule has 0 bridgehead atoms. The zero-order chi connectivity index (χ0) is 14.5. The number of benzene rings is 1. The summed E-state index contributed by atoms with van der Waals surface area (Å²) in [6.07, 6.45) is -0.0794. The molecule has 1 aromatic carbocycles. The highest BCUT2D eigenvalue weighted by Crippen LogP contribution is 2.22. The maximum atomic E-state index is 10.9. The van der Waals surface area contributed by atoms with E-state index in [2.05, 4.69) is 0 Å². The standard InChI is InChI=1S/C14H21NO4/c1-4-18-11-6-5-7-12(8-11)19-10(2)9-14(3,15)13(16)17/h5-8,10H,4,9,15H2,1-3H3,(H,16,17). The molecule has 19 heavy (non-hydrogen) atoms. The van der Waals surface area contributed by atoms with Crippen molar-refractivity contribution in [3.8, 4) is 11.5 Å². The monoisotopic (exact) mass is 267 g/mol. The van der Waals surface area contributed by atoms with Gasteiger partial charge in [-0.15, -0.1) is 0 Å². The molecule has 5 nitrogen and oxygen atoms in total. The van der Waals surface area contributed by atoms with Gasteiger partial charge in [-0.1, -0.05) is 6.07 Å². The molecule has 1 aromatic rings. The first-order valence-corrected chi connectivity index (χ1v) is 6.27. The molecule has 0 fully saturated rings. The second-order valence-corrected chi connectivity index (χ2v) is 4.76. The third-order valence-corrected chi connectivity index (χ3v) is 2.65. The fourth-order valence-corrected chi connectivity index (χ4v) is 1.76. The average molecular weight is 267 g/mol. The molecule has 0 radical (unpaired) electrons. The molecule has 2 unspecified atom stereocenters. The number of rotatable bonds is 7. The van der Waals surface area contributed by atoms with Crippen molar-refractivity contribution in [2.24, 2.45) is 5.73 Å². The number of carbonyl (C=O) groups is 1. The summed E-state index contributed by atoms with van der Waals surface area (Å²) in [6, 6.07) is 7.24. The Bertz CT molecular complexity index is 431. The van der Waals surface area contributed by atoms with E-state index in [0.717, 1.165) is 5.75 Å². The van der Waals surface area contributed by atoms with Crippen molar-refractivity contribution in [3.05, 3.63) is 24.3 Å². The van der Waals surface area contributed by atoms with E-state index < -0.39 is 11.5 Å². The van der Waals surface area contributed by atoms with Gasteiger partial charge < -0.3 is 20.3 Å². The molecule has 0 aliphatic rings. The minimum Gasteiger partial charge on any atom is -0.494 e. The summed E-state index contributed by atoms with van der Waals surface area (Å²) in [7, 11) is 0. The summed E-state index contributed by atoms with van der Waals surface area (Å²) in [5.74, 6) is 0.326. The van der Waals surface area contributed by atoms with Crippen molar-refractivity contribution < 1.29 is 19.4 Å². The van der Waals surface area contributed by atoms with Crippen LogP contribution in [0.25, 0.3) is 0 Å². The summed E-state index contributed by atoms with van der Waals surface area (Å²) >= 11 is 0. The summed E-state index contributed by atoms with van der Waals surface area (Å²) in [4.78, 5) is 10.9. The van der Waals surface area contributed by atoms with Gasteiger partial charge in [0.05, 0.1) is 12.7 Å². The normalized spacial score (nSPS) is 15.4. The van der Waals surface area contributed by atoms with Crippen molar-refractivity contribution in [1.82, 2.24) is 0 Å². The van der Waals surface area contributed by atoms with Crippen molar-refractivity contribution in [3.63, 3.8) is 0 Å². The van der Waals surface area contributed by atoms with Gasteiger partial charge in [0, 0.05) is 12.5 Å². The summed E-state index contributed by atoms with van der Waals surface area (Å²) in [6.45, 7) is 5.76. The van der Waals surface area contributed by atoms with Crippen LogP contribution in [-0.4, -0.2) is 29.3 Å². The van der Waals surface area contributed by atoms with E-state index in [1.165, 1.54) is 6.92 Å². The molecule has 1 rings (SSSR count). The predicted octanol–water partition coefficient (Wildman–Crippen LogP) is 2.04. The Morgan fingerprint density at radius 1 is 1.47 bits per heavy atom. The Kier molecular flexibility index (Phi) is 5.18. The van der Waals surface area contributed by atoms with E-state index in [1.54, 1.807) is 19.1 Å². The van der Waals surface area contributed by atoms with Gasteiger partial charge in [0.1, 0.15) is 17.0 Å². The molecule has 0 amide bonds. The maximum absolute atomic E-state index is 10.9. The predicted molar refractivity (Wildman–Crippen MR) is 72.5 cm³/mol. The van der Waals surface area contributed by atoms with Gasteiger partial charge in [-0.25, -0.2) is 0 Å². The second-order valence-electron chi connectivity index (χ2n) is 4.76. The molecule has 106 valence electrons.